The molecule has 0 fully saturated rings. The van der Waals surface area contributed by atoms with Crippen LogP contribution < -0.4 is 0 Å². The second-order valence-corrected chi connectivity index (χ2v) is 3.32. The van der Waals surface area contributed by atoms with E-state index in [2.05, 4.69) is 0 Å². The summed E-state index contributed by atoms with van der Waals surface area (Å²) in [5.41, 5.74) is 0. The minimum absolute atomic E-state index is 0.00958. The van der Waals surface area contributed by atoms with Crippen molar-refractivity contribution in [1.29, 1.82) is 0 Å². The van der Waals surface area contributed by atoms with Gasteiger partial charge in [-0.2, -0.15) is 0 Å². The van der Waals surface area contributed by atoms with Crippen molar-refractivity contribution >= 4 is 0 Å². The van der Waals surface area contributed by atoms with Gasteiger partial charge < -0.3 is 0 Å². The smallest absolute Gasteiger partial charge is 0.106 e. The molecule has 0 N–H and O–H groups in total. The van der Waals surface area contributed by atoms with Crippen LogP contribution >= 0.6 is 0 Å². The fraction of sp³-hybridized carbons (Fsp3) is 0.778. The topological polar surface area (TPSA) is 0 Å². The van der Waals surface area contributed by atoms with Gasteiger partial charge in [0.1, 0.15) is 6.17 Å². The molecule has 0 aromatic heterocycles. The van der Waals surface area contributed by atoms with E-state index in [-0.39, 0.29) is 18.2 Å². The van der Waals surface area contributed by atoms with Crippen LogP contribution in [0.3, 0.4) is 0 Å². The zero-order valence-corrected chi connectivity index (χ0v) is 6.82. The van der Waals surface area contributed by atoms with E-state index in [9.17, 15) is 8.78 Å². The summed E-state index contributed by atoms with van der Waals surface area (Å²) < 4.78 is 25.5. The molecule has 2 heteroatoms. The summed E-state index contributed by atoms with van der Waals surface area (Å²) in [4.78, 5) is 0. The maximum absolute atomic E-state index is 12.7. The summed E-state index contributed by atoms with van der Waals surface area (Å²) in [6.45, 7) is 1.97. The van der Waals surface area contributed by atoms with E-state index in [1.54, 1.807) is 6.08 Å². The largest absolute Gasteiger partial charge is 0.247 e. The number of rotatable bonds is 0. The van der Waals surface area contributed by atoms with E-state index in [1.165, 1.54) is 0 Å². The Bertz CT molecular complexity index is 152. The van der Waals surface area contributed by atoms with Crippen LogP contribution in [-0.4, -0.2) is 6.17 Å². The van der Waals surface area contributed by atoms with Gasteiger partial charge in [0, 0.05) is 6.42 Å². The van der Waals surface area contributed by atoms with Crippen molar-refractivity contribution in [1.82, 2.24) is 0 Å². The van der Waals surface area contributed by atoms with Crippen LogP contribution in [0.15, 0.2) is 11.9 Å². The van der Waals surface area contributed by atoms with Gasteiger partial charge >= 0.3 is 0 Å². The van der Waals surface area contributed by atoms with Gasteiger partial charge in [-0.3, -0.25) is 0 Å². The van der Waals surface area contributed by atoms with Gasteiger partial charge in [-0.1, -0.05) is 6.92 Å². The molecular weight excluding hydrogens is 146 g/mol. The molecule has 0 nitrogen and oxygen atoms in total. The molecule has 0 heterocycles. The fourth-order valence-corrected chi connectivity index (χ4v) is 1.44. The van der Waals surface area contributed by atoms with E-state index < -0.39 is 6.17 Å². The zero-order valence-electron chi connectivity index (χ0n) is 6.82. The number of hydrogen-bond donors (Lipinski definition) is 0. The number of allylic oxidation sites excluding steroid dienone is 2. The Kier molecular flexibility index (Phi) is 3.03. The SMILES string of the molecule is CC1C=C(F)CC(F)CCC1. The molecule has 1 rings (SSSR count). The lowest BCUT2D eigenvalue weighted by Gasteiger charge is -2.13. The second kappa shape index (κ2) is 3.84. The highest BCUT2D eigenvalue weighted by Crippen LogP contribution is 2.23. The molecule has 2 atom stereocenters. The molecule has 1 aliphatic rings. The second-order valence-electron chi connectivity index (χ2n) is 3.32. The minimum Gasteiger partial charge on any atom is -0.247 e. The predicted octanol–water partition coefficient (Wildman–Crippen LogP) is 3.39. The van der Waals surface area contributed by atoms with E-state index >= 15 is 0 Å². The summed E-state index contributed by atoms with van der Waals surface area (Å²) in [5, 5.41) is 0. The highest BCUT2D eigenvalue weighted by molar-refractivity contribution is 4.97. The van der Waals surface area contributed by atoms with E-state index in [0.29, 0.717) is 6.42 Å². The Labute approximate surface area is 66.3 Å². The van der Waals surface area contributed by atoms with Gasteiger partial charge in [0.2, 0.25) is 0 Å². The van der Waals surface area contributed by atoms with Crippen molar-refractivity contribution in [3.63, 3.8) is 0 Å². The van der Waals surface area contributed by atoms with Gasteiger partial charge in [-0.25, -0.2) is 8.78 Å². The third-order valence-electron chi connectivity index (χ3n) is 2.06. The van der Waals surface area contributed by atoms with Crippen molar-refractivity contribution < 1.29 is 8.78 Å². The Morgan fingerprint density at radius 3 is 2.91 bits per heavy atom. The van der Waals surface area contributed by atoms with Crippen LogP contribution in [0.5, 0.6) is 0 Å². The lowest BCUT2D eigenvalue weighted by atomic mass is 9.97. The van der Waals surface area contributed by atoms with E-state index in [1.807, 2.05) is 6.92 Å². The monoisotopic (exact) mass is 160 g/mol. The molecule has 0 aromatic carbocycles. The normalized spacial score (nSPS) is 33.9. The zero-order chi connectivity index (χ0) is 8.27. The maximum Gasteiger partial charge on any atom is 0.106 e. The van der Waals surface area contributed by atoms with Gasteiger partial charge in [-0.05, 0) is 31.3 Å². The molecule has 1 aliphatic carbocycles. The molecule has 0 radical (unpaired) electrons. The molecule has 2 unspecified atom stereocenters. The number of halogens is 2. The first-order chi connectivity index (χ1) is 5.18. The molecule has 0 bridgehead atoms. The lowest BCUT2D eigenvalue weighted by Crippen LogP contribution is -2.05. The summed E-state index contributed by atoms with van der Waals surface area (Å²) >= 11 is 0. The molecule has 11 heavy (non-hydrogen) atoms. The first-order valence-electron chi connectivity index (χ1n) is 4.18. The number of alkyl halides is 1. The third-order valence-corrected chi connectivity index (χ3v) is 2.06. The maximum atomic E-state index is 12.7. The van der Waals surface area contributed by atoms with Crippen LogP contribution in [0, 0.1) is 5.92 Å². The molecule has 0 amide bonds. The summed E-state index contributed by atoms with van der Waals surface area (Å²) in [6, 6.07) is 0. The minimum atomic E-state index is -0.959. The Balaban J connectivity index is 2.54. The van der Waals surface area contributed by atoms with Crippen molar-refractivity contribution in [2.75, 3.05) is 0 Å². The average molecular weight is 160 g/mol. The van der Waals surface area contributed by atoms with Gasteiger partial charge in [0.15, 0.2) is 0 Å². The fourth-order valence-electron chi connectivity index (χ4n) is 1.44. The van der Waals surface area contributed by atoms with Crippen LogP contribution in [0.25, 0.3) is 0 Å². The van der Waals surface area contributed by atoms with Crippen molar-refractivity contribution in [2.24, 2.45) is 5.92 Å². The first-order valence-corrected chi connectivity index (χ1v) is 4.18. The van der Waals surface area contributed by atoms with Crippen molar-refractivity contribution in [3.05, 3.63) is 11.9 Å². The van der Waals surface area contributed by atoms with Gasteiger partial charge in [0.25, 0.3) is 0 Å². The van der Waals surface area contributed by atoms with E-state index in [4.69, 9.17) is 0 Å². The summed E-state index contributed by atoms with van der Waals surface area (Å²) in [7, 11) is 0. The molecular formula is C9H14F2. The molecule has 64 valence electrons. The Morgan fingerprint density at radius 2 is 2.18 bits per heavy atom. The molecule has 0 spiro atoms. The van der Waals surface area contributed by atoms with Crippen LogP contribution in [0.1, 0.15) is 32.6 Å². The Morgan fingerprint density at radius 1 is 1.45 bits per heavy atom. The molecule has 0 aromatic rings. The highest BCUT2D eigenvalue weighted by atomic mass is 19.1. The third kappa shape index (κ3) is 3.00. The summed E-state index contributed by atoms with van der Waals surface area (Å²) in [5.74, 6) is 0.00667. The van der Waals surface area contributed by atoms with Crippen molar-refractivity contribution in [2.45, 2.75) is 38.8 Å². The predicted molar refractivity (Wildman–Crippen MR) is 41.7 cm³/mol. The molecule has 0 saturated heterocycles. The van der Waals surface area contributed by atoms with E-state index in [0.717, 1.165) is 12.8 Å². The first kappa shape index (κ1) is 8.69. The van der Waals surface area contributed by atoms with Crippen LogP contribution in [0.4, 0.5) is 8.78 Å². The summed E-state index contributed by atoms with van der Waals surface area (Å²) in [6.07, 6.45) is 2.89. The standard InChI is InChI=1S/C9H14F2/c1-7-3-2-4-8(10)6-9(11)5-7/h5,7-8H,2-4,6H2,1H3. The lowest BCUT2D eigenvalue weighted by molar-refractivity contribution is 0.277. The van der Waals surface area contributed by atoms with Crippen LogP contribution in [-0.2, 0) is 0 Å². The van der Waals surface area contributed by atoms with Gasteiger partial charge in [0.05, 0.1) is 5.83 Å². The van der Waals surface area contributed by atoms with Gasteiger partial charge in [-0.15, -0.1) is 0 Å². The van der Waals surface area contributed by atoms with Crippen LogP contribution in [0.2, 0.25) is 0 Å². The number of hydrogen-bond acceptors (Lipinski definition) is 0. The Hall–Kier alpha value is -0.400. The quantitative estimate of drug-likeness (QED) is 0.509. The molecule has 0 saturated carbocycles. The molecule has 0 aliphatic heterocycles. The average Bonchev–Trinajstić information content (AvgIpc) is 1.83. The van der Waals surface area contributed by atoms with Crippen molar-refractivity contribution in [3.8, 4) is 0 Å². The highest BCUT2D eigenvalue weighted by Gasteiger charge is 2.14.